The number of ether oxygens (including phenoxy) is 1. The van der Waals surface area contributed by atoms with E-state index in [0.29, 0.717) is 18.4 Å². The number of hydrogen-bond donors (Lipinski definition) is 3. The van der Waals surface area contributed by atoms with Crippen LogP contribution in [0.25, 0.3) is 0 Å². The number of rotatable bonds is 10. The van der Waals surface area contributed by atoms with Crippen LogP contribution in [0.2, 0.25) is 0 Å². The van der Waals surface area contributed by atoms with Crippen molar-refractivity contribution in [2.45, 2.75) is 37.2 Å². The molecule has 1 amide bonds. The maximum Gasteiger partial charge on any atom is 0.327 e. The number of carboxylic acids is 1. The van der Waals surface area contributed by atoms with Crippen LogP contribution in [0.4, 0.5) is 0 Å². The molecule has 0 bridgehead atoms. The summed E-state index contributed by atoms with van der Waals surface area (Å²) in [5.41, 5.74) is 1.53. The van der Waals surface area contributed by atoms with Crippen molar-refractivity contribution in [2.24, 2.45) is 0 Å². The van der Waals surface area contributed by atoms with Gasteiger partial charge in [-0.15, -0.1) is 11.8 Å². The predicted molar refractivity (Wildman–Crippen MR) is 125 cm³/mol. The fourth-order valence-electron chi connectivity index (χ4n) is 3.74. The third kappa shape index (κ3) is 6.27. The number of aliphatic carboxylic acids is 1. The number of carbonyl (C=O) groups excluding carboxylic acids is 2. The first-order chi connectivity index (χ1) is 15.9. The Morgan fingerprint density at radius 3 is 2.52 bits per heavy atom. The van der Waals surface area contributed by atoms with Crippen LogP contribution < -0.4 is 5.32 Å². The van der Waals surface area contributed by atoms with E-state index in [4.69, 9.17) is 4.74 Å². The maximum absolute atomic E-state index is 13.2. The SMILES string of the molecule is CCOC(=O)[C@H](CCc1ccccc1)NCC(=O)N1[C@@H](c2ccccc2O)SC[C@H]1C(=O)O. The lowest BCUT2D eigenvalue weighted by Gasteiger charge is -2.29. The summed E-state index contributed by atoms with van der Waals surface area (Å²) in [4.78, 5) is 38.7. The standard InChI is InChI=1S/C24H28N2O6S/c1-2-32-24(31)18(13-12-16-8-4-3-5-9-16)25-14-21(28)26-19(23(29)30)15-33-22(26)17-10-6-7-11-20(17)27/h3-11,18-19,22,25,27H,2,12-15H2,1H3,(H,29,30)/t18-,19-,22+/m0/s1. The molecule has 0 unspecified atom stereocenters. The molecular weight excluding hydrogens is 444 g/mol. The van der Waals surface area contributed by atoms with Crippen molar-refractivity contribution in [3.63, 3.8) is 0 Å². The number of para-hydroxylation sites is 1. The van der Waals surface area contributed by atoms with Crippen LogP contribution in [0.15, 0.2) is 54.6 Å². The van der Waals surface area contributed by atoms with Gasteiger partial charge in [0.25, 0.3) is 0 Å². The summed E-state index contributed by atoms with van der Waals surface area (Å²) >= 11 is 1.28. The number of benzene rings is 2. The van der Waals surface area contributed by atoms with Crippen molar-refractivity contribution in [3.05, 3.63) is 65.7 Å². The lowest BCUT2D eigenvalue weighted by Crippen LogP contribution is -2.49. The molecule has 1 aliphatic rings. The van der Waals surface area contributed by atoms with Crippen LogP contribution in [0.3, 0.4) is 0 Å². The van der Waals surface area contributed by atoms with Crippen LogP contribution in [0, 0.1) is 0 Å². The fourth-order valence-corrected chi connectivity index (χ4v) is 5.21. The Morgan fingerprint density at radius 2 is 1.85 bits per heavy atom. The first-order valence-electron chi connectivity index (χ1n) is 10.8. The van der Waals surface area contributed by atoms with Gasteiger partial charge in [-0.2, -0.15) is 0 Å². The fraction of sp³-hybridized carbons (Fsp3) is 0.375. The molecule has 33 heavy (non-hydrogen) atoms. The number of amides is 1. The molecule has 1 fully saturated rings. The summed E-state index contributed by atoms with van der Waals surface area (Å²) in [6, 6.07) is 14.5. The normalized spacial score (nSPS) is 18.6. The number of esters is 1. The van der Waals surface area contributed by atoms with Crippen molar-refractivity contribution < 1.29 is 29.3 Å². The topological polar surface area (TPSA) is 116 Å². The average molecular weight is 473 g/mol. The molecule has 8 nitrogen and oxygen atoms in total. The molecule has 9 heteroatoms. The highest BCUT2D eigenvalue weighted by atomic mass is 32.2. The van der Waals surface area contributed by atoms with Crippen LogP contribution in [0.1, 0.15) is 29.8 Å². The molecule has 2 aromatic rings. The Bertz CT molecular complexity index is 970. The van der Waals surface area contributed by atoms with Gasteiger partial charge in [-0.25, -0.2) is 4.79 Å². The minimum atomic E-state index is -1.11. The highest BCUT2D eigenvalue weighted by molar-refractivity contribution is 7.99. The highest BCUT2D eigenvalue weighted by Crippen LogP contribution is 2.44. The Balaban J connectivity index is 1.72. The van der Waals surface area contributed by atoms with Gasteiger partial charge >= 0.3 is 11.9 Å². The Kier molecular flexibility index (Phi) is 8.73. The summed E-state index contributed by atoms with van der Waals surface area (Å²) in [5, 5.41) is 22.2. The number of carboxylic acid groups (broad SMARTS) is 1. The molecule has 176 valence electrons. The molecule has 1 saturated heterocycles. The van der Waals surface area contributed by atoms with Crippen molar-refractivity contribution in [3.8, 4) is 5.75 Å². The Morgan fingerprint density at radius 1 is 1.15 bits per heavy atom. The Hall–Kier alpha value is -3.04. The molecule has 0 aromatic heterocycles. The molecule has 0 saturated carbocycles. The van der Waals surface area contributed by atoms with Gasteiger partial charge in [-0.05, 0) is 31.4 Å². The van der Waals surface area contributed by atoms with E-state index in [1.807, 2.05) is 30.3 Å². The van der Waals surface area contributed by atoms with E-state index in [1.54, 1.807) is 25.1 Å². The first-order valence-corrected chi connectivity index (χ1v) is 11.8. The number of phenols is 1. The van der Waals surface area contributed by atoms with E-state index in [-0.39, 0.29) is 24.7 Å². The minimum Gasteiger partial charge on any atom is -0.508 e. The molecule has 1 aliphatic heterocycles. The summed E-state index contributed by atoms with van der Waals surface area (Å²) < 4.78 is 5.16. The molecule has 3 rings (SSSR count). The molecule has 0 spiro atoms. The number of hydrogen-bond acceptors (Lipinski definition) is 7. The number of aryl methyl sites for hydroxylation is 1. The average Bonchev–Trinajstić information content (AvgIpc) is 3.25. The van der Waals surface area contributed by atoms with E-state index in [2.05, 4.69) is 5.32 Å². The van der Waals surface area contributed by atoms with Gasteiger partial charge in [-0.1, -0.05) is 48.5 Å². The number of nitrogens with zero attached hydrogens (tertiary/aromatic N) is 1. The summed E-state index contributed by atoms with van der Waals surface area (Å²) in [5.74, 6) is -1.83. The zero-order valence-corrected chi connectivity index (χ0v) is 19.2. The number of aromatic hydroxyl groups is 1. The minimum absolute atomic E-state index is 0.000871. The van der Waals surface area contributed by atoms with E-state index in [1.165, 1.54) is 22.7 Å². The van der Waals surface area contributed by atoms with Gasteiger partial charge < -0.3 is 19.8 Å². The number of thioether (sulfide) groups is 1. The second-order valence-electron chi connectivity index (χ2n) is 7.61. The smallest absolute Gasteiger partial charge is 0.327 e. The quantitative estimate of drug-likeness (QED) is 0.452. The monoisotopic (exact) mass is 472 g/mol. The molecule has 3 N–H and O–H groups in total. The molecule has 0 radical (unpaired) electrons. The van der Waals surface area contributed by atoms with Crippen molar-refractivity contribution in [2.75, 3.05) is 18.9 Å². The van der Waals surface area contributed by atoms with Crippen LogP contribution in [-0.4, -0.2) is 63.9 Å². The van der Waals surface area contributed by atoms with Crippen LogP contribution in [0.5, 0.6) is 5.75 Å². The van der Waals surface area contributed by atoms with Gasteiger partial charge in [0.1, 0.15) is 23.2 Å². The Labute approximate surface area is 196 Å². The zero-order chi connectivity index (χ0) is 23.8. The summed E-state index contributed by atoms with van der Waals surface area (Å²) in [6.07, 6.45) is 1.04. The van der Waals surface area contributed by atoms with E-state index in [0.717, 1.165) is 5.56 Å². The molecule has 1 heterocycles. The van der Waals surface area contributed by atoms with Gasteiger partial charge in [0.2, 0.25) is 5.91 Å². The van der Waals surface area contributed by atoms with Gasteiger partial charge in [0.15, 0.2) is 0 Å². The molecule has 3 atom stereocenters. The second-order valence-corrected chi connectivity index (χ2v) is 8.72. The van der Waals surface area contributed by atoms with E-state index >= 15 is 0 Å². The zero-order valence-electron chi connectivity index (χ0n) is 18.3. The third-order valence-electron chi connectivity index (χ3n) is 5.41. The highest BCUT2D eigenvalue weighted by Gasteiger charge is 2.43. The van der Waals surface area contributed by atoms with Gasteiger partial charge in [0.05, 0.1) is 13.2 Å². The van der Waals surface area contributed by atoms with Crippen LogP contribution >= 0.6 is 11.8 Å². The largest absolute Gasteiger partial charge is 0.508 e. The number of carbonyl (C=O) groups is 3. The predicted octanol–water partition coefficient (Wildman–Crippen LogP) is 2.57. The van der Waals surface area contributed by atoms with E-state index in [9.17, 15) is 24.6 Å². The molecule has 2 aromatic carbocycles. The lowest BCUT2D eigenvalue weighted by atomic mass is 10.1. The summed E-state index contributed by atoms with van der Waals surface area (Å²) in [6.45, 7) is 1.70. The van der Waals surface area contributed by atoms with Gasteiger partial charge in [0, 0.05) is 11.3 Å². The maximum atomic E-state index is 13.2. The number of nitrogens with one attached hydrogen (secondary N) is 1. The van der Waals surface area contributed by atoms with Gasteiger partial charge in [-0.3, -0.25) is 14.9 Å². The van der Waals surface area contributed by atoms with Crippen molar-refractivity contribution in [1.29, 1.82) is 0 Å². The first kappa shape index (κ1) is 24.6. The molecular formula is C24H28N2O6S. The number of phenolic OH excluding ortho intramolecular Hbond substituents is 1. The summed E-state index contributed by atoms with van der Waals surface area (Å²) in [7, 11) is 0. The van der Waals surface area contributed by atoms with Crippen molar-refractivity contribution >= 4 is 29.6 Å². The second kappa shape index (κ2) is 11.7. The lowest BCUT2D eigenvalue weighted by molar-refractivity contribution is -0.150. The van der Waals surface area contributed by atoms with E-state index < -0.39 is 35.3 Å². The van der Waals surface area contributed by atoms with Crippen LogP contribution in [-0.2, 0) is 25.5 Å². The third-order valence-corrected chi connectivity index (χ3v) is 6.72. The molecule has 0 aliphatic carbocycles. The van der Waals surface area contributed by atoms with Crippen molar-refractivity contribution in [1.82, 2.24) is 10.2 Å².